The zero-order chi connectivity index (χ0) is 18.8. The molecule has 0 heterocycles. The van der Waals surface area contributed by atoms with E-state index in [0.717, 1.165) is 44.9 Å². The molecular formula is C21H38O4. The summed E-state index contributed by atoms with van der Waals surface area (Å²) in [6, 6.07) is 0. The summed E-state index contributed by atoms with van der Waals surface area (Å²) < 4.78 is 0. The fourth-order valence-electron chi connectivity index (χ4n) is 2.57. The first-order valence-electron chi connectivity index (χ1n) is 9.93. The van der Waals surface area contributed by atoms with E-state index in [1.165, 1.54) is 25.7 Å². The van der Waals surface area contributed by atoms with Gasteiger partial charge < -0.3 is 15.3 Å². The molecule has 3 N–H and O–H groups in total. The van der Waals surface area contributed by atoms with Crippen molar-refractivity contribution in [1.29, 1.82) is 0 Å². The van der Waals surface area contributed by atoms with Gasteiger partial charge in [0.1, 0.15) is 12.2 Å². The molecule has 25 heavy (non-hydrogen) atoms. The van der Waals surface area contributed by atoms with Crippen LogP contribution in [-0.2, 0) is 4.79 Å². The molecule has 0 aromatic rings. The number of carbonyl (C=O) groups excluding carboxylic acids is 1. The molecule has 4 heteroatoms. The highest BCUT2D eigenvalue weighted by molar-refractivity contribution is 5.83. The maximum atomic E-state index is 11.5. The van der Waals surface area contributed by atoms with Gasteiger partial charge >= 0.3 is 0 Å². The first-order chi connectivity index (χ1) is 12.1. The van der Waals surface area contributed by atoms with E-state index in [1.807, 2.05) is 0 Å². The summed E-state index contributed by atoms with van der Waals surface area (Å²) in [5, 5.41) is 27.3. The van der Waals surface area contributed by atoms with E-state index < -0.39 is 18.8 Å². The van der Waals surface area contributed by atoms with Crippen LogP contribution in [0.3, 0.4) is 0 Å². The molecule has 0 aliphatic carbocycles. The number of rotatable bonds is 17. The molecular weight excluding hydrogens is 316 g/mol. The lowest BCUT2D eigenvalue weighted by Gasteiger charge is -2.13. The topological polar surface area (TPSA) is 77.8 Å². The quantitative estimate of drug-likeness (QED) is 0.272. The highest BCUT2D eigenvalue weighted by Gasteiger charge is 2.22. The van der Waals surface area contributed by atoms with Crippen LogP contribution in [0, 0.1) is 0 Å². The van der Waals surface area contributed by atoms with E-state index in [1.54, 1.807) is 0 Å². The Morgan fingerprint density at radius 3 is 2.00 bits per heavy atom. The van der Waals surface area contributed by atoms with Crippen LogP contribution in [0.5, 0.6) is 0 Å². The van der Waals surface area contributed by atoms with E-state index in [0.29, 0.717) is 0 Å². The van der Waals surface area contributed by atoms with Crippen molar-refractivity contribution < 1.29 is 20.1 Å². The number of aliphatic hydroxyl groups excluding tert-OH is 3. The van der Waals surface area contributed by atoms with Gasteiger partial charge in [0, 0.05) is 6.42 Å². The number of Topliss-reactive ketones (excluding diaryl/α,β-unsaturated/α-hetero) is 1. The summed E-state index contributed by atoms with van der Waals surface area (Å²) in [6.45, 7) is 1.63. The summed E-state index contributed by atoms with van der Waals surface area (Å²) >= 11 is 0. The number of ketones is 1. The molecule has 0 rings (SSSR count). The van der Waals surface area contributed by atoms with Crippen molar-refractivity contribution >= 4 is 5.78 Å². The molecule has 0 aromatic carbocycles. The van der Waals surface area contributed by atoms with Crippen molar-refractivity contribution in [2.45, 2.75) is 96.2 Å². The molecule has 0 radical (unpaired) electrons. The Kier molecular flexibility index (Phi) is 17.1. The van der Waals surface area contributed by atoms with Gasteiger partial charge in [0.25, 0.3) is 0 Å². The number of allylic oxidation sites excluding steroid dienone is 4. The third-order valence-electron chi connectivity index (χ3n) is 4.26. The van der Waals surface area contributed by atoms with Crippen LogP contribution in [0.1, 0.15) is 84.0 Å². The van der Waals surface area contributed by atoms with Gasteiger partial charge in [-0.15, -0.1) is 0 Å². The van der Waals surface area contributed by atoms with Crippen LogP contribution >= 0.6 is 0 Å². The van der Waals surface area contributed by atoms with Gasteiger partial charge in [-0.1, -0.05) is 63.3 Å². The van der Waals surface area contributed by atoms with Crippen LogP contribution in [0.4, 0.5) is 0 Å². The van der Waals surface area contributed by atoms with Gasteiger partial charge in [-0.25, -0.2) is 0 Å². The molecule has 0 saturated heterocycles. The number of hydrogen-bond donors (Lipinski definition) is 3. The molecule has 0 bridgehead atoms. The fourth-order valence-corrected chi connectivity index (χ4v) is 2.57. The Labute approximate surface area is 153 Å². The molecule has 0 amide bonds. The summed E-state index contributed by atoms with van der Waals surface area (Å²) in [7, 11) is 0. The van der Waals surface area contributed by atoms with E-state index >= 15 is 0 Å². The van der Waals surface area contributed by atoms with Gasteiger partial charge in [0.05, 0.1) is 6.61 Å². The van der Waals surface area contributed by atoms with Crippen molar-refractivity contribution in [3.05, 3.63) is 24.3 Å². The molecule has 0 aliphatic heterocycles. The summed E-state index contributed by atoms with van der Waals surface area (Å²) in [5.74, 6) is -0.382. The molecule has 0 aromatic heterocycles. The van der Waals surface area contributed by atoms with Crippen LogP contribution in [0.25, 0.3) is 0 Å². The SMILES string of the molecule is CCCCC/C=C\C/C=C\CCCCCCCC(=O)C(O)C(O)CO. The third-order valence-corrected chi connectivity index (χ3v) is 4.26. The monoisotopic (exact) mass is 354 g/mol. The zero-order valence-electron chi connectivity index (χ0n) is 15.9. The van der Waals surface area contributed by atoms with Crippen molar-refractivity contribution in [2.75, 3.05) is 6.61 Å². The van der Waals surface area contributed by atoms with E-state index in [-0.39, 0.29) is 12.2 Å². The lowest BCUT2D eigenvalue weighted by molar-refractivity contribution is -0.134. The third kappa shape index (κ3) is 15.0. The lowest BCUT2D eigenvalue weighted by Crippen LogP contribution is -2.36. The number of unbranched alkanes of at least 4 members (excludes halogenated alkanes) is 8. The van der Waals surface area contributed by atoms with Gasteiger partial charge in [-0.05, 0) is 38.5 Å². The predicted octanol–water partition coefficient (Wildman–Crippen LogP) is 4.08. The van der Waals surface area contributed by atoms with Gasteiger partial charge in [-0.3, -0.25) is 4.79 Å². The van der Waals surface area contributed by atoms with Crippen LogP contribution < -0.4 is 0 Å². The second kappa shape index (κ2) is 17.8. The summed E-state index contributed by atoms with van der Waals surface area (Å²) in [4.78, 5) is 11.5. The number of carbonyl (C=O) groups is 1. The minimum absolute atomic E-state index is 0.267. The standard InChI is InChI=1S/C21H38O4/c1-2-3-4-5-6-7-8-9-10-11-12-13-14-15-16-17-19(23)21(25)20(24)18-22/h6-7,9-10,20-22,24-25H,2-5,8,11-18H2,1H3/b7-6-,10-9-. The molecule has 0 saturated carbocycles. The molecule has 2 atom stereocenters. The average molecular weight is 355 g/mol. The van der Waals surface area contributed by atoms with Crippen molar-refractivity contribution in [1.82, 2.24) is 0 Å². The second-order valence-corrected chi connectivity index (χ2v) is 6.64. The molecule has 2 unspecified atom stereocenters. The minimum atomic E-state index is -1.45. The first kappa shape index (κ1) is 24.0. The van der Waals surface area contributed by atoms with Gasteiger partial charge in [0.2, 0.25) is 0 Å². The lowest BCUT2D eigenvalue weighted by atomic mass is 10.0. The summed E-state index contributed by atoms with van der Waals surface area (Å²) in [5.41, 5.74) is 0. The average Bonchev–Trinajstić information content (AvgIpc) is 2.63. The number of aliphatic hydroxyl groups is 3. The van der Waals surface area contributed by atoms with E-state index in [4.69, 9.17) is 5.11 Å². The van der Waals surface area contributed by atoms with Crippen LogP contribution in [0.2, 0.25) is 0 Å². The zero-order valence-corrected chi connectivity index (χ0v) is 15.9. The van der Waals surface area contributed by atoms with Crippen molar-refractivity contribution in [2.24, 2.45) is 0 Å². The maximum absolute atomic E-state index is 11.5. The van der Waals surface area contributed by atoms with Crippen molar-refractivity contribution in [3.8, 4) is 0 Å². The Morgan fingerprint density at radius 1 is 0.840 bits per heavy atom. The normalized spacial score (nSPS) is 14.4. The van der Waals surface area contributed by atoms with Crippen LogP contribution in [0.15, 0.2) is 24.3 Å². The smallest absolute Gasteiger partial charge is 0.164 e. The van der Waals surface area contributed by atoms with Gasteiger partial charge in [0.15, 0.2) is 5.78 Å². The Bertz CT molecular complexity index is 363. The van der Waals surface area contributed by atoms with Gasteiger partial charge in [-0.2, -0.15) is 0 Å². The molecule has 0 aliphatic rings. The highest BCUT2D eigenvalue weighted by atomic mass is 16.4. The Morgan fingerprint density at radius 2 is 1.40 bits per heavy atom. The maximum Gasteiger partial charge on any atom is 0.164 e. The molecule has 0 spiro atoms. The Balaban J connectivity index is 3.41. The minimum Gasteiger partial charge on any atom is -0.394 e. The summed E-state index contributed by atoms with van der Waals surface area (Å²) in [6.07, 6.45) is 18.7. The van der Waals surface area contributed by atoms with E-state index in [2.05, 4.69) is 31.2 Å². The molecule has 146 valence electrons. The molecule has 0 fully saturated rings. The van der Waals surface area contributed by atoms with Crippen molar-refractivity contribution in [3.63, 3.8) is 0 Å². The second-order valence-electron chi connectivity index (χ2n) is 6.64. The molecule has 4 nitrogen and oxygen atoms in total. The Hall–Kier alpha value is -0.970. The van der Waals surface area contributed by atoms with E-state index in [9.17, 15) is 15.0 Å². The highest BCUT2D eigenvalue weighted by Crippen LogP contribution is 2.10. The fraction of sp³-hybridized carbons (Fsp3) is 0.762. The van der Waals surface area contributed by atoms with Crippen LogP contribution in [-0.4, -0.2) is 39.9 Å². The largest absolute Gasteiger partial charge is 0.394 e. The number of hydrogen-bond acceptors (Lipinski definition) is 4. The predicted molar refractivity (Wildman–Crippen MR) is 103 cm³/mol. The first-order valence-corrected chi connectivity index (χ1v) is 9.93.